The highest BCUT2D eigenvalue weighted by Gasteiger charge is 2.23. The lowest BCUT2D eigenvalue weighted by Crippen LogP contribution is -2.29. The van der Waals surface area contributed by atoms with Gasteiger partial charge in [0.25, 0.3) is 0 Å². The number of carbonyl (C=O) groups is 1. The molecule has 0 saturated carbocycles. The molecule has 0 saturated heterocycles. The van der Waals surface area contributed by atoms with E-state index in [9.17, 15) is 4.79 Å². The van der Waals surface area contributed by atoms with Gasteiger partial charge in [0.05, 0.1) is 17.1 Å². The van der Waals surface area contributed by atoms with Crippen molar-refractivity contribution >= 4 is 50.2 Å². The number of halogens is 2. The van der Waals surface area contributed by atoms with Gasteiger partial charge in [0, 0.05) is 22.3 Å². The molecule has 4 rings (SSSR count). The van der Waals surface area contributed by atoms with Crippen LogP contribution in [0, 0.1) is 0 Å². The molecule has 0 N–H and O–H groups in total. The second-order valence-electron chi connectivity index (χ2n) is 5.87. The molecule has 0 radical (unpaired) electrons. The number of para-hydroxylation sites is 1. The van der Waals surface area contributed by atoms with Crippen LogP contribution < -0.4 is 4.90 Å². The molecule has 1 aliphatic heterocycles. The molecule has 1 aliphatic rings. The van der Waals surface area contributed by atoms with E-state index in [1.807, 2.05) is 30.3 Å². The normalized spacial score (nSPS) is 14.6. The highest BCUT2D eigenvalue weighted by Crippen LogP contribution is 2.30. The molecular weight excluding hydrogens is 388 g/mol. The number of hydrogen-bond donors (Lipinski definition) is 0. The summed E-state index contributed by atoms with van der Waals surface area (Å²) in [5.74, 6) is 0.681. The van der Waals surface area contributed by atoms with Crippen molar-refractivity contribution in [3.05, 3.63) is 69.2 Å². The molecule has 24 heavy (non-hydrogen) atoms. The largest absolute Gasteiger partial charge is 0.292 e. The minimum atomic E-state index is 0.0705. The Morgan fingerprint density at radius 2 is 1.88 bits per heavy atom. The molecule has 0 unspecified atom stereocenters. The predicted molar refractivity (Wildman–Crippen MR) is 100 cm³/mol. The van der Waals surface area contributed by atoms with Gasteiger partial charge in [0.15, 0.2) is 0 Å². The first-order chi connectivity index (χ1) is 11.6. The number of anilines is 1. The molecule has 5 heteroatoms. The monoisotopic (exact) mass is 400 g/mol. The SMILES string of the molecule is O=C1CCc2cc(Br)ccc2CN1c1cc(Cl)c2ccccc2n1. The fourth-order valence-electron chi connectivity index (χ4n) is 3.08. The van der Waals surface area contributed by atoms with Crippen LogP contribution in [0.3, 0.4) is 0 Å². The Morgan fingerprint density at radius 1 is 1.04 bits per heavy atom. The van der Waals surface area contributed by atoms with Gasteiger partial charge in [-0.05, 0) is 35.7 Å². The Morgan fingerprint density at radius 3 is 2.75 bits per heavy atom. The third-order valence-corrected chi connectivity index (χ3v) is 5.14. The zero-order valence-corrected chi connectivity index (χ0v) is 15.1. The second kappa shape index (κ2) is 6.19. The molecule has 1 aromatic heterocycles. The van der Waals surface area contributed by atoms with Gasteiger partial charge in [-0.2, -0.15) is 0 Å². The van der Waals surface area contributed by atoms with Crippen LogP contribution in [0.2, 0.25) is 5.02 Å². The van der Waals surface area contributed by atoms with Gasteiger partial charge in [0.2, 0.25) is 5.91 Å². The molecule has 2 aromatic carbocycles. The number of aryl methyl sites for hydroxylation is 1. The van der Waals surface area contributed by atoms with Gasteiger partial charge >= 0.3 is 0 Å². The number of amides is 1. The predicted octanol–water partition coefficient (Wildman–Crippen LogP) is 5.13. The van der Waals surface area contributed by atoms with E-state index in [0.29, 0.717) is 23.8 Å². The summed E-state index contributed by atoms with van der Waals surface area (Å²) in [6.07, 6.45) is 1.21. The summed E-state index contributed by atoms with van der Waals surface area (Å²) in [4.78, 5) is 19.0. The molecule has 0 atom stereocenters. The third kappa shape index (κ3) is 2.80. The lowest BCUT2D eigenvalue weighted by atomic mass is 10.0. The van der Waals surface area contributed by atoms with E-state index < -0.39 is 0 Å². The second-order valence-corrected chi connectivity index (χ2v) is 7.20. The van der Waals surface area contributed by atoms with Crippen molar-refractivity contribution in [2.75, 3.05) is 4.90 Å². The molecule has 1 amide bonds. The summed E-state index contributed by atoms with van der Waals surface area (Å²) in [5, 5.41) is 1.51. The minimum Gasteiger partial charge on any atom is -0.292 e. The summed E-state index contributed by atoms with van der Waals surface area (Å²) < 4.78 is 1.04. The Kier molecular flexibility index (Phi) is 4.02. The number of pyridine rings is 1. The first kappa shape index (κ1) is 15.6. The first-order valence-electron chi connectivity index (χ1n) is 7.75. The van der Waals surface area contributed by atoms with Gasteiger partial charge in [-0.25, -0.2) is 4.98 Å². The molecule has 120 valence electrons. The molecule has 0 bridgehead atoms. The van der Waals surface area contributed by atoms with Crippen molar-refractivity contribution in [3.63, 3.8) is 0 Å². The molecule has 3 aromatic rings. The lowest BCUT2D eigenvalue weighted by molar-refractivity contribution is -0.118. The topological polar surface area (TPSA) is 33.2 Å². The van der Waals surface area contributed by atoms with Gasteiger partial charge < -0.3 is 0 Å². The Balaban J connectivity index is 1.80. The summed E-state index contributed by atoms with van der Waals surface area (Å²) in [6.45, 7) is 0.517. The standard InChI is InChI=1S/C19H14BrClN2O/c20-14-7-5-13-11-23(19(24)8-6-12(13)9-14)18-10-16(21)15-3-1-2-4-17(15)22-18/h1-5,7,9-10H,6,8,11H2. The van der Waals surface area contributed by atoms with Gasteiger partial charge in [-0.1, -0.05) is 51.8 Å². The third-order valence-electron chi connectivity index (χ3n) is 4.33. The zero-order valence-electron chi connectivity index (χ0n) is 12.8. The van der Waals surface area contributed by atoms with Gasteiger partial charge in [-0.3, -0.25) is 9.69 Å². The molecular formula is C19H14BrClN2O. The van der Waals surface area contributed by atoms with Crippen LogP contribution >= 0.6 is 27.5 Å². The van der Waals surface area contributed by atoms with Crippen LogP contribution in [0.1, 0.15) is 17.5 Å². The highest BCUT2D eigenvalue weighted by molar-refractivity contribution is 9.10. The maximum absolute atomic E-state index is 12.6. The summed E-state index contributed by atoms with van der Waals surface area (Å²) >= 11 is 9.91. The Bertz CT molecular complexity index is 957. The number of aromatic nitrogens is 1. The molecule has 2 heterocycles. The molecule has 0 fully saturated rings. The quantitative estimate of drug-likeness (QED) is 0.566. The average Bonchev–Trinajstić information content (AvgIpc) is 2.74. The summed E-state index contributed by atoms with van der Waals surface area (Å²) in [5.41, 5.74) is 3.15. The maximum atomic E-state index is 12.6. The van der Waals surface area contributed by atoms with Gasteiger partial charge in [0.1, 0.15) is 5.82 Å². The molecule has 0 spiro atoms. The number of fused-ring (bicyclic) bond motifs is 2. The fourth-order valence-corrected chi connectivity index (χ4v) is 3.75. The maximum Gasteiger partial charge on any atom is 0.228 e. The number of hydrogen-bond acceptors (Lipinski definition) is 2. The van der Waals surface area contributed by atoms with E-state index in [-0.39, 0.29) is 5.91 Å². The van der Waals surface area contributed by atoms with Crippen LogP contribution in [0.4, 0.5) is 5.82 Å². The van der Waals surface area contributed by atoms with Gasteiger partial charge in [-0.15, -0.1) is 0 Å². The fraction of sp³-hybridized carbons (Fsp3) is 0.158. The highest BCUT2D eigenvalue weighted by atomic mass is 79.9. The molecule has 0 aliphatic carbocycles. The van der Waals surface area contributed by atoms with Crippen LogP contribution in [0.5, 0.6) is 0 Å². The van der Waals surface area contributed by atoms with Crippen molar-refractivity contribution in [1.82, 2.24) is 4.98 Å². The van der Waals surface area contributed by atoms with E-state index in [1.54, 1.807) is 11.0 Å². The Labute approximate surface area is 153 Å². The average molecular weight is 402 g/mol. The van der Waals surface area contributed by atoms with Crippen molar-refractivity contribution in [2.45, 2.75) is 19.4 Å². The summed E-state index contributed by atoms with van der Waals surface area (Å²) in [7, 11) is 0. The van der Waals surface area contributed by atoms with Crippen molar-refractivity contribution < 1.29 is 4.79 Å². The van der Waals surface area contributed by atoms with Crippen LogP contribution in [0.25, 0.3) is 10.9 Å². The van der Waals surface area contributed by atoms with Crippen LogP contribution in [-0.4, -0.2) is 10.9 Å². The summed E-state index contributed by atoms with van der Waals surface area (Å²) in [6, 6.07) is 15.6. The van der Waals surface area contributed by atoms with E-state index in [2.05, 4.69) is 33.0 Å². The van der Waals surface area contributed by atoms with E-state index in [4.69, 9.17) is 11.6 Å². The first-order valence-corrected chi connectivity index (χ1v) is 8.92. The number of benzene rings is 2. The number of rotatable bonds is 1. The molecule has 3 nitrogen and oxygen atoms in total. The van der Waals surface area contributed by atoms with Crippen molar-refractivity contribution in [1.29, 1.82) is 0 Å². The van der Waals surface area contributed by atoms with E-state index >= 15 is 0 Å². The van der Waals surface area contributed by atoms with Crippen LogP contribution in [0.15, 0.2) is 53.0 Å². The van der Waals surface area contributed by atoms with E-state index in [0.717, 1.165) is 27.4 Å². The van der Waals surface area contributed by atoms with Crippen molar-refractivity contribution in [3.8, 4) is 0 Å². The van der Waals surface area contributed by atoms with Crippen LogP contribution in [-0.2, 0) is 17.8 Å². The number of carbonyl (C=O) groups excluding carboxylic acids is 1. The Hall–Kier alpha value is -1.91. The van der Waals surface area contributed by atoms with E-state index in [1.165, 1.54) is 5.56 Å². The minimum absolute atomic E-state index is 0.0705. The lowest BCUT2D eigenvalue weighted by Gasteiger charge is -2.21. The zero-order chi connectivity index (χ0) is 16.7. The smallest absolute Gasteiger partial charge is 0.228 e. The van der Waals surface area contributed by atoms with Crippen molar-refractivity contribution in [2.24, 2.45) is 0 Å². The number of nitrogens with zero attached hydrogens (tertiary/aromatic N) is 2.